The Morgan fingerprint density at radius 3 is 2.41 bits per heavy atom. The second-order valence-electron chi connectivity index (χ2n) is 7.51. The number of aryl methyl sites for hydroxylation is 1. The highest BCUT2D eigenvalue weighted by atomic mass is 16.6. The van der Waals surface area contributed by atoms with Crippen LogP contribution in [0.2, 0.25) is 0 Å². The van der Waals surface area contributed by atoms with Crippen molar-refractivity contribution in [2.45, 2.75) is 25.3 Å². The molecule has 9 heteroatoms. The lowest BCUT2D eigenvalue weighted by Gasteiger charge is -2.28. The third-order valence-electron chi connectivity index (χ3n) is 5.85. The van der Waals surface area contributed by atoms with Crippen LogP contribution in [0, 0.1) is 5.92 Å². The number of benzene rings is 1. The molecule has 1 amide bonds. The Bertz CT molecular complexity index is 939. The van der Waals surface area contributed by atoms with Gasteiger partial charge in [0.25, 0.3) is 0 Å². The number of carbonyl (C=O) groups excluding carboxylic acids is 2. The first-order valence-electron chi connectivity index (χ1n) is 10.3. The lowest BCUT2D eigenvalue weighted by atomic mass is 9.83. The molecule has 2 aliphatic rings. The van der Waals surface area contributed by atoms with Gasteiger partial charge in [0.15, 0.2) is 23.0 Å². The predicted molar refractivity (Wildman–Crippen MR) is 118 cm³/mol. The molecule has 1 aromatic rings. The summed E-state index contributed by atoms with van der Waals surface area (Å²) in [5.74, 6) is 1.22. The standard InChI is InChI=1S/C23H30N2O7/c1-28-18-9-7-14-15(11-17(18)26)16(25-20(27)12-24-32-5)8-6-13-10-19(29-2)22(30-3)23(31-4)21(13)14/h7,9-10,15-16,24H,6,8,11-12H2,1-5H3,(H,25,27)/t15?,16-/m0/s1. The van der Waals surface area contributed by atoms with Gasteiger partial charge in [-0.25, -0.2) is 0 Å². The molecule has 0 fully saturated rings. The average molecular weight is 447 g/mol. The van der Waals surface area contributed by atoms with Gasteiger partial charge in [-0.15, -0.1) is 0 Å². The van der Waals surface area contributed by atoms with Crippen molar-refractivity contribution in [3.63, 3.8) is 0 Å². The summed E-state index contributed by atoms with van der Waals surface area (Å²) in [6.07, 6.45) is 5.01. The molecular weight excluding hydrogens is 416 g/mol. The van der Waals surface area contributed by atoms with Gasteiger partial charge in [-0.05, 0) is 36.1 Å². The number of ether oxygens (including phenoxy) is 4. The number of hydrogen-bond donors (Lipinski definition) is 2. The first kappa shape index (κ1) is 23.6. The molecule has 0 saturated carbocycles. The van der Waals surface area contributed by atoms with Crippen LogP contribution in [0.1, 0.15) is 24.0 Å². The van der Waals surface area contributed by atoms with E-state index in [4.69, 9.17) is 23.8 Å². The molecule has 0 heterocycles. The number of methoxy groups -OCH3 is 4. The van der Waals surface area contributed by atoms with Crippen LogP contribution in [0.25, 0.3) is 5.57 Å². The van der Waals surface area contributed by atoms with Gasteiger partial charge in [0.05, 0.1) is 42.1 Å². The van der Waals surface area contributed by atoms with Crippen LogP contribution in [0.15, 0.2) is 24.0 Å². The Morgan fingerprint density at radius 2 is 1.78 bits per heavy atom. The van der Waals surface area contributed by atoms with E-state index in [1.54, 1.807) is 27.4 Å². The van der Waals surface area contributed by atoms with E-state index >= 15 is 0 Å². The van der Waals surface area contributed by atoms with E-state index in [1.807, 2.05) is 12.1 Å². The minimum absolute atomic E-state index is 0.00615. The molecule has 0 aliphatic heterocycles. The second-order valence-corrected chi connectivity index (χ2v) is 7.51. The molecule has 1 unspecified atom stereocenters. The number of ketones is 1. The van der Waals surface area contributed by atoms with E-state index in [0.717, 1.165) is 16.7 Å². The van der Waals surface area contributed by atoms with Gasteiger partial charge in [0.2, 0.25) is 11.7 Å². The number of amides is 1. The molecule has 9 nitrogen and oxygen atoms in total. The topological polar surface area (TPSA) is 104 Å². The SMILES string of the molecule is CONCC(=O)N[C@H]1CCc2cc(OC)c(OC)c(OC)c2C2=CC=C(OC)C(=O)CC21. The zero-order chi connectivity index (χ0) is 23.3. The summed E-state index contributed by atoms with van der Waals surface area (Å²) in [4.78, 5) is 30.1. The second kappa shape index (κ2) is 10.5. The molecule has 3 rings (SSSR count). The van der Waals surface area contributed by atoms with Crippen LogP contribution in [-0.2, 0) is 25.6 Å². The largest absolute Gasteiger partial charge is 0.493 e. The summed E-state index contributed by atoms with van der Waals surface area (Å²) in [5, 5.41) is 3.06. The van der Waals surface area contributed by atoms with Gasteiger partial charge >= 0.3 is 0 Å². The van der Waals surface area contributed by atoms with Crippen molar-refractivity contribution in [2.24, 2.45) is 5.92 Å². The average Bonchev–Trinajstić information content (AvgIpc) is 3.04. The number of hydroxylamine groups is 1. The van der Waals surface area contributed by atoms with E-state index in [-0.39, 0.29) is 42.4 Å². The Kier molecular flexibility index (Phi) is 7.76. The highest BCUT2D eigenvalue weighted by Gasteiger charge is 2.37. The van der Waals surface area contributed by atoms with E-state index in [0.29, 0.717) is 30.1 Å². The Labute approximate surface area is 187 Å². The highest BCUT2D eigenvalue weighted by Crippen LogP contribution is 2.50. The molecular formula is C23H30N2O7. The lowest BCUT2D eigenvalue weighted by Crippen LogP contribution is -2.44. The van der Waals surface area contributed by atoms with Crippen LogP contribution < -0.4 is 25.0 Å². The van der Waals surface area contributed by atoms with Gasteiger partial charge in [-0.3, -0.25) is 9.59 Å². The summed E-state index contributed by atoms with van der Waals surface area (Å²) in [6.45, 7) is 0.00615. The molecule has 1 aromatic carbocycles. The van der Waals surface area contributed by atoms with Crippen molar-refractivity contribution in [3.05, 3.63) is 35.1 Å². The van der Waals surface area contributed by atoms with E-state index in [2.05, 4.69) is 10.8 Å². The van der Waals surface area contributed by atoms with Crippen LogP contribution in [0.3, 0.4) is 0 Å². The fourth-order valence-electron chi connectivity index (χ4n) is 4.40. The molecule has 0 spiro atoms. The minimum Gasteiger partial charge on any atom is -0.493 e. The normalized spacial score (nSPS) is 20.0. The Hall–Kier alpha value is -3.04. The summed E-state index contributed by atoms with van der Waals surface area (Å²) < 4.78 is 22.2. The molecule has 2 atom stereocenters. The van der Waals surface area contributed by atoms with E-state index < -0.39 is 0 Å². The smallest absolute Gasteiger partial charge is 0.236 e. The molecule has 0 bridgehead atoms. The fraction of sp³-hybridized carbons (Fsp3) is 0.478. The summed E-state index contributed by atoms with van der Waals surface area (Å²) >= 11 is 0. The molecule has 0 radical (unpaired) electrons. The zero-order valence-corrected chi connectivity index (χ0v) is 19.1. The molecule has 0 saturated heterocycles. The van der Waals surface area contributed by atoms with Crippen molar-refractivity contribution in [3.8, 4) is 17.2 Å². The van der Waals surface area contributed by atoms with Crippen LogP contribution in [-0.4, -0.2) is 59.8 Å². The highest BCUT2D eigenvalue weighted by molar-refractivity contribution is 5.97. The van der Waals surface area contributed by atoms with Crippen LogP contribution in [0.4, 0.5) is 0 Å². The van der Waals surface area contributed by atoms with Crippen molar-refractivity contribution in [2.75, 3.05) is 42.1 Å². The van der Waals surface area contributed by atoms with E-state index in [1.165, 1.54) is 14.2 Å². The molecule has 32 heavy (non-hydrogen) atoms. The number of carbonyl (C=O) groups is 2. The molecule has 2 N–H and O–H groups in total. The quantitative estimate of drug-likeness (QED) is 0.583. The molecule has 174 valence electrons. The van der Waals surface area contributed by atoms with E-state index in [9.17, 15) is 9.59 Å². The maximum atomic E-state index is 12.9. The predicted octanol–water partition coefficient (Wildman–Crippen LogP) is 1.80. The van der Waals surface area contributed by atoms with Crippen molar-refractivity contribution in [1.29, 1.82) is 0 Å². The van der Waals surface area contributed by atoms with Gasteiger partial charge in [-0.1, -0.05) is 6.08 Å². The fourth-order valence-corrected chi connectivity index (χ4v) is 4.40. The number of nitrogens with one attached hydrogen (secondary N) is 2. The summed E-state index contributed by atoms with van der Waals surface area (Å²) in [5.41, 5.74) is 5.27. The van der Waals surface area contributed by atoms with Crippen LogP contribution >= 0.6 is 0 Å². The number of Topliss-reactive ketones (excluding diaryl/α,β-unsaturated/α-hetero) is 1. The Morgan fingerprint density at radius 1 is 1.03 bits per heavy atom. The number of fused-ring (bicyclic) bond motifs is 3. The van der Waals surface area contributed by atoms with Gasteiger partial charge in [0, 0.05) is 23.9 Å². The molecule has 2 aliphatic carbocycles. The van der Waals surface area contributed by atoms with Gasteiger partial charge < -0.3 is 29.1 Å². The van der Waals surface area contributed by atoms with Crippen molar-refractivity contribution < 1.29 is 33.4 Å². The lowest BCUT2D eigenvalue weighted by molar-refractivity contribution is -0.124. The van der Waals surface area contributed by atoms with Crippen LogP contribution in [0.5, 0.6) is 17.2 Å². The first-order valence-corrected chi connectivity index (χ1v) is 10.3. The van der Waals surface area contributed by atoms with Gasteiger partial charge in [-0.2, -0.15) is 5.48 Å². The number of rotatable bonds is 8. The zero-order valence-electron chi connectivity index (χ0n) is 19.1. The number of allylic oxidation sites excluding steroid dienone is 3. The van der Waals surface area contributed by atoms with Gasteiger partial charge in [0.1, 0.15) is 0 Å². The van der Waals surface area contributed by atoms with Crippen molar-refractivity contribution in [1.82, 2.24) is 10.8 Å². The minimum atomic E-state index is -0.286. The number of hydrogen-bond acceptors (Lipinski definition) is 8. The maximum absolute atomic E-state index is 12.9. The third kappa shape index (κ3) is 4.58. The monoisotopic (exact) mass is 446 g/mol. The van der Waals surface area contributed by atoms with Crippen molar-refractivity contribution >= 4 is 17.3 Å². The first-order chi connectivity index (χ1) is 15.5. The summed E-state index contributed by atoms with van der Waals surface area (Å²) in [6, 6.07) is 1.65. The maximum Gasteiger partial charge on any atom is 0.236 e. The Balaban J connectivity index is 2.15. The molecule has 0 aromatic heterocycles. The third-order valence-corrected chi connectivity index (χ3v) is 5.85. The summed E-state index contributed by atoms with van der Waals surface area (Å²) in [7, 11) is 7.63.